The Labute approximate surface area is 109 Å². The number of nitrogens with one attached hydrogen (secondary N) is 1. The molecule has 2 heterocycles. The van der Waals surface area contributed by atoms with Gasteiger partial charge in [-0.2, -0.15) is 0 Å². The highest BCUT2D eigenvalue weighted by Gasteiger charge is 2.17. The number of fused-ring (bicyclic) bond motifs is 1. The van der Waals surface area contributed by atoms with Gasteiger partial charge >= 0.3 is 0 Å². The second kappa shape index (κ2) is 4.24. The number of benzene rings is 1. The van der Waals surface area contributed by atoms with Gasteiger partial charge in [0.25, 0.3) is 5.91 Å². The second-order valence-electron chi connectivity index (χ2n) is 4.27. The molecule has 0 saturated heterocycles. The van der Waals surface area contributed by atoms with Gasteiger partial charge in [0.15, 0.2) is 6.61 Å². The van der Waals surface area contributed by atoms with Crippen LogP contribution >= 0.6 is 0 Å². The van der Waals surface area contributed by atoms with E-state index in [1.54, 1.807) is 12.1 Å². The highest BCUT2D eigenvalue weighted by atomic mass is 16.5. The average Bonchev–Trinajstić information content (AvgIpc) is 2.41. The number of anilines is 2. The van der Waals surface area contributed by atoms with Crippen LogP contribution in [0.3, 0.4) is 0 Å². The van der Waals surface area contributed by atoms with Crippen LogP contribution in [0.4, 0.5) is 11.4 Å². The Kier molecular flexibility index (Phi) is 2.56. The lowest BCUT2D eigenvalue weighted by Crippen LogP contribution is -2.25. The van der Waals surface area contributed by atoms with Gasteiger partial charge in [0.1, 0.15) is 12.1 Å². The van der Waals surface area contributed by atoms with E-state index in [9.17, 15) is 4.79 Å². The Bertz CT molecular complexity index is 670. The van der Waals surface area contributed by atoms with E-state index in [1.807, 2.05) is 13.0 Å². The summed E-state index contributed by atoms with van der Waals surface area (Å²) in [4.78, 5) is 19.5. The van der Waals surface area contributed by atoms with Crippen molar-refractivity contribution in [2.75, 3.05) is 17.7 Å². The van der Waals surface area contributed by atoms with Crippen molar-refractivity contribution in [3.05, 3.63) is 30.2 Å². The van der Waals surface area contributed by atoms with Gasteiger partial charge in [0, 0.05) is 5.56 Å². The predicted octanol–water partition coefficient (Wildman–Crippen LogP) is 1.37. The number of aromatic nitrogens is 2. The molecule has 0 radical (unpaired) electrons. The van der Waals surface area contributed by atoms with E-state index in [1.165, 1.54) is 6.33 Å². The largest absolute Gasteiger partial charge is 0.482 e. The summed E-state index contributed by atoms with van der Waals surface area (Å²) in [6.45, 7) is 1.87. The Morgan fingerprint density at radius 3 is 3.05 bits per heavy atom. The van der Waals surface area contributed by atoms with Crippen molar-refractivity contribution in [3.63, 3.8) is 0 Å². The van der Waals surface area contributed by atoms with Crippen LogP contribution in [0.15, 0.2) is 24.5 Å². The van der Waals surface area contributed by atoms with Crippen LogP contribution in [0.5, 0.6) is 5.75 Å². The maximum atomic E-state index is 11.3. The molecule has 3 rings (SSSR count). The highest BCUT2D eigenvalue weighted by Crippen LogP contribution is 2.33. The number of nitrogen functional groups attached to an aromatic ring is 1. The van der Waals surface area contributed by atoms with E-state index in [0.717, 1.165) is 11.3 Å². The van der Waals surface area contributed by atoms with Gasteiger partial charge in [-0.3, -0.25) is 4.79 Å². The fourth-order valence-electron chi connectivity index (χ4n) is 1.94. The van der Waals surface area contributed by atoms with Crippen LogP contribution in [0, 0.1) is 6.92 Å². The van der Waals surface area contributed by atoms with Crippen LogP contribution in [0.25, 0.3) is 11.3 Å². The molecule has 0 saturated carbocycles. The van der Waals surface area contributed by atoms with E-state index < -0.39 is 0 Å². The molecule has 19 heavy (non-hydrogen) atoms. The van der Waals surface area contributed by atoms with Gasteiger partial charge in [-0.05, 0) is 25.1 Å². The van der Waals surface area contributed by atoms with Gasteiger partial charge in [0.05, 0.1) is 22.8 Å². The minimum atomic E-state index is -0.170. The molecular formula is C13H12N4O2. The quantitative estimate of drug-likeness (QED) is 0.804. The molecule has 96 valence electrons. The lowest BCUT2D eigenvalue weighted by atomic mass is 10.1. The minimum absolute atomic E-state index is 0.0428. The molecule has 1 aromatic heterocycles. The number of nitrogens with two attached hydrogens (primary N) is 1. The van der Waals surface area contributed by atoms with Crippen LogP contribution in [-0.4, -0.2) is 22.5 Å². The first-order valence-electron chi connectivity index (χ1n) is 5.79. The maximum Gasteiger partial charge on any atom is 0.262 e. The Balaban J connectivity index is 2.09. The first-order valence-corrected chi connectivity index (χ1v) is 5.79. The number of nitrogens with zero attached hydrogens (tertiary/aromatic N) is 2. The Morgan fingerprint density at radius 2 is 2.21 bits per heavy atom. The molecule has 0 unspecified atom stereocenters. The molecule has 6 nitrogen and oxygen atoms in total. The average molecular weight is 256 g/mol. The standard InChI is InChI=1S/C13H12N4O2/c1-7-12(14)13(16-6-15-7)8-2-3-10-9(4-8)17-11(18)5-19-10/h2-4,6H,5,14H2,1H3,(H,17,18). The van der Waals surface area contributed by atoms with Crippen molar-refractivity contribution < 1.29 is 9.53 Å². The summed E-state index contributed by atoms with van der Waals surface area (Å²) in [5, 5.41) is 2.76. The molecule has 1 aliphatic rings. The summed E-state index contributed by atoms with van der Waals surface area (Å²) >= 11 is 0. The molecule has 0 aliphatic carbocycles. The van der Waals surface area contributed by atoms with Crippen molar-refractivity contribution >= 4 is 17.3 Å². The summed E-state index contributed by atoms with van der Waals surface area (Å²) in [5.74, 6) is 0.476. The molecular weight excluding hydrogens is 244 g/mol. The molecule has 1 amide bonds. The minimum Gasteiger partial charge on any atom is -0.482 e. The van der Waals surface area contributed by atoms with Gasteiger partial charge in [-0.1, -0.05) is 0 Å². The molecule has 0 fully saturated rings. The number of aryl methyl sites for hydroxylation is 1. The SMILES string of the molecule is Cc1ncnc(-c2ccc3c(c2)NC(=O)CO3)c1N. The van der Waals surface area contributed by atoms with Crippen LogP contribution in [0.2, 0.25) is 0 Å². The zero-order valence-corrected chi connectivity index (χ0v) is 10.3. The van der Waals surface area contributed by atoms with Gasteiger partial charge < -0.3 is 15.8 Å². The van der Waals surface area contributed by atoms with E-state index in [0.29, 0.717) is 22.8 Å². The number of carbonyl (C=O) groups is 1. The molecule has 3 N–H and O–H groups in total. The van der Waals surface area contributed by atoms with Crippen molar-refractivity contribution in [1.29, 1.82) is 0 Å². The third-order valence-corrected chi connectivity index (χ3v) is 2.97. The van der Waals surface area contributed by atoms with E-state index >= 15 is 0 Å². The molecule has 0 spiro atoms. The third kappa shape index (κ3) is 1.97. The molecule has 1 aromatic carbocycles. The summed E-state index contributed by atoms with van der Waals surface area (Å²) in [7, 11) is 0. The second-order valence-corrected chi connectivity index (χ2v) is 4.27. The number of ether oxygens (including phenoxy) is 1. The van der Waals surface area contributed by atoms with Crippen LogP contribution in [0.1, 0.15) is 5.69 Å². The highest BCUT2D eigenvalue weighted by molar-refractivity contribution is 5.96. The molecule has 0 bridgehead atoms. The molecule has 2 aromatic rings. The zero-order valence-electron chi connectivity index (χ0n) is 10.3. The smallest absolute Gasteiger partial charge is 0.262 e. The van der Waals surface area contributed by atoms with E-state index in [-0.39, 0.29) is 12.5 Å². The lowest BCUT2D eigenvalue weighted by Gasteiger charge is -2.18. The van der Waals surface area contributed by atoms with Crippen molar-refractivity contribution in [2.24, 2.45) is 0 Å². The summed E-state index contributed by atoms with van der Waals surface area (Å²) in [6, 6.07) is 5.44. The van der Waals surface area contributed by atoms with E-state index in [2.05, 4.69) is 15.3 Å². The number of rotatable bonds is 1. The third-order valence-electron chi connectivity index (χ3n) is 2.97. The van der Waals surface area contributed by atoms with Crippen molar-refractivity contribution in [3.8, 4) is 17.0 Å². The number of hydrogen-bond acceptors (Lipinski definition) is 5. The van der Waals surface area contributed by atoms with Crippen molar-refractivity contribution in [2.45, 2.75) is 6.92 Å². The topological polar surface area (TPSA) is 90.1 Å². The Hall–Kier alpha value is -2.63. The number of amides is 1. The fourth-order valence-corrected chi connectivity index (χ4v) is 1.94. The number of carbonyl (C=O) groups excluding carboxylic acids is 1. The summed E-state index contributed by atoms with van der Waals surface area (Å²) in [6.07, 6.45) is 1.47. The fraction of sp³-hybridized carbons (Fsp3) is 0.154. The van der Waals surface area contributed by atoms with Crippen LogP contribution < -0.4 is 15.8 Å². The zero-order chi connectivity index (χ0) is 13.4. The summed E-state index contributed by atoms with van der Waals surface area (Å²) in [5.41, 5.74) is 9.32. The van der Waals surface area contributed by atoms with E-state index in [4.69, 9.17) is 10.5 Å². The van der Waals surface area contributed by atoms with Crippen LogP contribution in [-0.2, 0) is 4.79 Å². The Morgan fingerprint density at radius 1 is 1.37 bits per heavy atom. The lowest BCUT2D eigenvalue weighted by molar-refractivity contribution is -0.118. The van der Waals surface area contributed by atoms with Gasteiger partial charge in [-0.25, -0.2) is 9.97 Å². The monoisotopic (exact) mass is 256 g/mol. The number of hydrogen-bond donors (Lipinski definition) is 2. The first kappa shape index (κ1) is 11.5. The van der Waals surface area contributed by atoms with Crippen molar-refractivity contribution in [1.82, 2.24) is 9.97 Å². The summed E-state index contributed by atoms with van der Waals surface area (Å²) < 4.78 is 5.30. The molecule has 0 atom stereocenters. The maximum absolute atomic E-state index is 11.3. The normalized spacial score (nSPS) is 13.4. The molecule has 6 heteroatoms. The first-order chi connectivity index (χ1) is 9.15. The predicted molar refractivity (Wildman–Crippen MR) is 70.7 cm³/mol. The van der Waals surface area contributed by atoms with Gasteiger partial charge in [-0.15, -0.1) is 0 Å². The molecule has 1 aliphatic heterocycles. The van der Waals surface area contributed by atoms with Gasteiger partial charge in [0.2, 0.25) is 0 Å².